The van der Waals surface area contributed by atoms with Crippen molar-refractivity contribution in [3.05, 3.63) is 0 Å². The molecule has 0 saturated heterocycles. The van der Waals surface area contributed by atoms with Gasteiger partial charge in [0, 0.05) is 18.1 Å². The predicted molar refractivity (Wildman–Crippen MR) is 60.1 cm³/mol. The summed E-state index contributed by atoms with van der Waals surface area (Å²) in [7, 11) is 0. The van der Waals surface area contributed by atoms with Crippen LogP contribution in [-0.2, 0) is 0 Å². The van der Waals surface area contributed by atoms with Crippen LogP contribution in [0.5, 0.6) is 0 Å². The lowest BCUT2D eigenvalue weighted by Crippen LogP contribution is -2.67. The summed E-state index contributed by atoms with van der Waals surface area (Å²) in [5, 5.41) is 3.83. The maximum atomic E-state index is 5.94. The Morgan fingerprint density at radius 3 is 2.36 bits per heavy atom. The third kappa shape index (κ3) is 1.59. The van der Waals surface area contributed by atoms with Crippen molar-refractivity contribution in [3.8, 4) is 0 Å². The van der Waals surface area contributed by atoms with Gasteiger partial charge < -0.3 is 11.1 Å². The van der Waals surface area contributed by atoms with Crippen molar-refractivity contribution in [1.29, 1.82) is 0 Å². The van der Waals surface area contributed by atoms with E-state index in [2.05, 4.69) is 19.2 Å². The topological polar surface area (TPSA) is 38.0 Å². The van der Waals surface area contributed by atoms with Crippen molar-refractivity contribution in [3.63, 3.8) is 0 Å². The second-order valence-electron chi connectivity index (χ2n) is 5.46. The van der Waals surface area contributed by atoms with E-state index in [4.69, 9.17) is 5.73 Å². The van der Waals surface area contributed by atoms with Crippen LogP contribution in [0.15, 0.2) is 0 Å². The molecule has 0 bridgehead atoms. The molecule has 0 heterocycles. The van der Waals surface area contributed by atoms with Gasteiger partial charge >= 0.3 is 0 Å². The van der Waals surface area contributed by atoms with Gasteiger partial charge in [0.2, 0.25) is 0 Å². The van der Waals surface area contributed by atoms with E-state index in [-0.39, 0.29) is 5.54 Å². The van der Waals surface area contributed by atoms with Crippen molar-refractivity contribution in [2.75, 3.05) is 6.54 Å². The molecule has 2 heteroatoms. The Kier molecular flexibility index (Phi) is 2.85. The number of nitrogens with two attached hydrogens (primary N) is 1. The van der Waals surface area contributed by atoms with Crippen LogP contribution in [0, 0.1) is 11.8 Å². The van der Waals surface area contributed by atoms with Crippen LogP contribution < -0.4 is 11.1 Å². The molecule has 0 amide bonds. The van der Waals surface area contributed by atoms with E-state index in [0.29, 0.717) is 0 Å². The number of nitrogens with one attached hydrogen (secondary N) is 1. The van der Waals surface area contributed by atoms with Gasteiger partial charge in [0.05, 0.1) is 0 Å². The highest BCUT2D eigenvalue weighted by Crippen LogP contribution is 2.43. The fourth-order valence-electron chi connectivity index (χ4n) is 3.32. The van der Waals surface area contributed by atoms with Gasteiger partial charge in [-0.2, -0.15) is 0 Å². The van der Waals surface area contributed by atoms with E-state index in [1.807, 2.05) is 0 Å². The lowest BCUT2D eigenvalue weighted by Gasteiger charge is -2.54. The quantitative estimate of drug-likeness (QED) is 0.723. The summed E-state index contributed by atoms with van der Waals surface area (Å²) in [6.45, 7) is 5.51. The van der Waals surface area contributed by atoms with Gasteiger partial charge in [-0.3, -0.25) is 0 Å². The minimum absolute atomic E-state index is 0.286. The molecule has 14 heavy (non-hydrogen) atoms. The maximum Gasteiger partial charge on any atom is 0.0337 e. The molecule has 0 aromatic rings. The molecule has 2 aliphatic rings. The highest BCUT2D eigenvalue weighted by atomic mass is 15.1. The monoisotopic (exact) mass is 196 g/mol. The molecule has 0 spiro atoms. The van der Waals surface area contributed by atoms with Crippen LogP contribution in [0.3, 0.4) is 0 Å². The Labute approximate surface area is 87.6 Å². The third-order valence-corrected chi connectivity index (χ3v) is 4.62. The molecule has 0 radical (unpaired) electrons. The first kappa shape index (κ1) is 10.4. The first-order valence-corrected chi connectivity index (χ1v) is 6.16. The van der Waals surface area contributed by atoms with Crippen LogP contribution in [-0.4, -0.2) is 18.1 Å². The number of hydrogen-bond acceptors (Lipinski definition) is 2. The summed E-state index contributed by atoms with van der Waals surface area (Å²) < 4.78 is 0. The Balaban J connectivity index is 1.93. The summed E-state index contributed by atoms with van der Waals surface area (Å²) >= 11 is 0. The van der Waals surface area contributed by atoms with Crippen LogP contribution in [0.4, 0.5) is 0 Å². The minimum atomic E-state index is 0.286. The van der Waals surface area contributed by atoms with E-state index in [1.165, 1.54) is 32.1 Å². The Bertz CT molecular complexity index is 198. The van der Waals surface area contributed by atoms with Crippen LogP contribution in [0.1, 0.15) is 46.0 Å². The Morgan fingerprint density at radius 2 is 1.93 bits per heavy atom. The summed E-state index contributed by atoms with van der Waals surface area (Å²) in [6.07, 6.45) is 6.82. The van der Waals surface area contributed by atoms with Crippen molar-refractivity contribution < 1.29 is 0 Å². The number of hydrogen-bond donors (Lipinski definition) is 2. The molecule has 2 rings (SSSR count). The van der Waals surface area contributed by atoms with Gasteiger partial charge in [0.1, 0.15) is 0 Å². The van der Waals surface area contributed by atoms with Gasteiger partial charge in [-0.1, -0.05) is 26.7 Å². The standard InChI is InChI=1S/C12H24N2/c1-9-7-12(8-13,10(9)2)14-11-5-3-4-6-11/h9-11,14H,3-8,13H2,1-2H3. The van der Waals surface area contributed by atoms with Gasteiger partial charge in [-0.25, -0.2) is 0 Å². The lowest BCUT2D eigenvalue weighted by atomic mass is 9.60. The molecule has 2 aliphatic carbocycles. The van der Waals surface area contributed by atoms with E-state index in [0.717, 1.165) is 24.4 Å². The van der Waals surface area contributed by atoms with Crippen LogP contribution in [0.2, 0.25) is 0 Å². The zero-order valence-corrected chi connectivity index (χ0v) is 9.55. The second-order valence-corrected chi connectivity index (χ2v) is 5.46. The van der Waals surface area contributed by atoms with E-state index >= 15 is 0 Å². The van der Waals surface area contributed by atoms with Crippen molar-refractivity contribution in [1.82, 2.24) is 5.32 Å². The second kappa shape index (κ2) is 3.82. The van der Waals surface area contributed by atoms with Gasteiger partial charge in [0.25, 0.3) is 0 Å². The molecule has 3 unspecified atom stereocenters. The van der Waals surface area contributed by atoms with Crippen molar-refractivity contribution >= 4 is 0 Å². The minimum Gasteiger partial charge on any atom is -0.329 e. The van der Waals surface area contributed by atoms with E-state index < -0.39 is 0 Å². The molecule has 82 valence electrons. The fraction of sp³-hybridized carbons (Fsp3) is 1.00. The molecular weight excluding hydrogens is 172 g/mol. The highest BCUT2D eigenvalue weighted by molar-refractivity contribution is 5.07. The SMILES string of the molecule is CC1CC(CN)(NC2CCCC2)C1C. The average Bonchev–Trinajstić information content (AvgIpc) is 2.68. The van der Waals surface area contributed by atoms with Gasteiger partial charge in [-0.05, 0) is 31.1 Å². The molecule has 2 saturated carbocycles. The molecule has 0 aliphatic heterocycles. The average molecular weight is 196 g/mol. The maximum absolute atomic E-state index is 5.94. The molecule has 3 atom stereocenters. The largest absolute Gasteiger partial charge is 0.329 e. The smallest absolute Gasteiger partial charge is 0.0337 e. The predicted octanol–water partition coefficient (Wildman–Crippen LogP) is 1.89. The van der Waals surface area contributed by atoms with Gasteiger partial charge in [0.15, 0.2) is 0 Å². The number of rotatable bonds is 3. The zero-order valence-electron chi connectivity index (χ0n) is 9.55. The first-order valence-electron chi connectivity index (χ1n) is 6.16. The van der Waals surface area contributed by atoms with Gasteiger partial charge in [-0.15, -0.1) is 0 Å². The summed E-state index contributed by atoms with van der Waals surface area (Å²) in [5.74, 6) is 1.61. The Hall–Kier alpha value is -0.0800. The summed E-state index contributed by atoms with van der Waals surface area (Å²) in [4.78, 5) is 0. The summed E-state index contributed by atoms with van der Waals surface area (Å²) in [5.41, 5.74) is 6.22. The lowest BCUT2D eigenvalue weighted by molar-refractivity contribution is 0.0259. The van der Waals surface area contributed by atoms with Crippen molar-refractivity contribution in [2.24, 2.45) is 17.6 Å². The van der Waals surface area contributed by atoms with Crippen molar-refractivity contribution in [2.45, 2.75) is 57.5 Å². The van der Waals surface area contributed by atoms with E-state index in [1.54, 1.807) is 0 Å². The third-order valence-electron chi connectivity index (χ3n) is 4.62. The molecule has 2 fully saturated rings. The van der Waals surface area contributed by atoms with Crippen LogP contribution in [0.25, 0.3) is 0 Å². The molecular formula is C12H24N2. The normalized spacial score (nSPS) is 43.9. The molecule has 0 aromatic carbocycles. The molecule has 0 aromatic heterocycles. The zero-order chi connectivity index (χ0) is 10.2. The molecule has 3 N–H and O–H groups in total. The van der Waals surface area contributed by atoms with Crippen LogP contribution >= 0.6 is 0 Å². The fourth-order valence-corrected chi connectivity index (χ4v) is 3.32. The first-order chi connectivity index (χ1) is 6.68. The van der Waals surface area contributed by atoms with E-state index in [9.17, 15) is 0 Å². The highest BCUT2D eigenvalue weighted by Gasteiger charge is 2.48. The Morgan fingerprint density at radius 1 is 1.29 bits per heavy atom. The summed E-state index contributed by atoms with van der Waals surface area (Å²) in [6, 6.07) is 0.758. The molecule has 2 nitrogen and oxygen atoms in total.